The second kappa shape index (κ2) is 6.88. The van der Waals surface area contributed by atoms with Crippen LogP contribution in [0.3, 0.4) is 0 Å². The summed E-state index contributed by atoms with van der Waals surface area (Å²) in [6.45, 7) is 6.97. The highest BCUT2D eigenvalue weighted by molar-refractivity contribution is 7.99. The van der Waals surface area contributed by atoms with Crippen LogP contribution in [-0.2, 0) is 6.54 Å². The molecule has 0 atom stereocenters. The topological polar surface area (TPSA) is 56.5 Å². The van der Waals surface area contributed by atoms with Crippen LogP contribution in [0.4, 0.5) is 0 Å². The molecule has 5 nitrogen and oxygen atoms in total. The summed E-state index contributed by atoms with van der Waals surface area (Å²) in [4.78, 5) is 0. The predicted octanol–water partition coefficient (Wildman–Crippen LogP) is 4.68. The fourth-order valence-electron chi connectivity index (χ4n) is 3.05. The van der Waals surface area contributed by atoms with Gasteiger partial charge < -0.3 is 4.57 Å². The summed E-state index contributed by atoms with van der Waals surface area (Å²) in [5, 5.41) is 21.5. The molecule has 0 saturated carbocycles. The van der Waals surface area contributed by atoms with Gasteiger partial charge in [0, 0.05) is 22.9 Å². The van der Waals surface area contributed by atoms with Crippen LogP contribution in [0.2, 0.25) is 0 Å². The second-order valence-electron chi connectivity index (χ2n) is 6.10. The van der Waals surface area contributed by atoms with Crippen LogP contribution < -0.4 is 0 Å². The van der Waals surface area contributed by atoms with Gasteiger partial charge in [-0.2, -0.15) is 5.10 Å². The Morgan fingerprint density at radius 2 is 1.58 bits per heavy atom. The van der Waals surface area contributed by atoms with Gasteiger partial charge in [0.05, 0.1) is 5.69 Å². The Balaban J connectivity index is 1.79. The van der Waals surface area contributed by atoms with E-state index in [9.17, 15) is 0 Å². The van der Waals surface area contributed by atoms with Gasteiger partial charge in [0.2, 0.25) is 0 Å². The maximum absolute atomic E-state index is 4.46. The van der Waals surface area contributed by atoms with E-state index >= 15 is 0 Å². The number of hydrogen-bond acceptors (Lipinski definition) is 5. The summed E-state index contributed by atoms with van der Waals surface area (Å²) >= 11 is 1.51. The minimum Gasteiger partial charge on any atom is -0.302 e. The van der Waals surface area contributed by atoms with E-state index in [4.69, 9.17) is 0 Å². The molecule has 6 heteroatoms. The highest BCUT2D eigenvalue weighted by Gasteiger charge is 2.17. The average Bonchev–Trinajstić information content (AvgIpc) is 3.07. The minimum atomic E-state index is 0.788. The normalized spacial score (nSPS) is 11.2. The molecule has 130 valence electrons. The monoisotopic (exact) mass is 361 g/mol. The Bertz CT molecular complexity index is 1090. The highest BCUT2D eigenvalue weighted by atomic mass is 32.2. The summed E-state index contributed by atoms with van der Waals surface area (Å²) < 4.78 is 2.13. The van der Waals surface area contributed by atoms with Crippen molar-refractivity contribution in [3.63, 3.8) is 0 Å². The van der Waals surface area contributed by atoms with Crippen molar-refractivity contribution in [2.75, 3.05) is 0 Å². The van der Waals surface area contributed by atoms with Crippen LogP contribution in [0.15, 0.2) is 58.7 Å². The fraction of sp³-hybridized carbons (Fsp3) is 0.200. The molecule has 4 aromatic rings. The molecule has 0 aliphatic carbocycles. The molecule has 0 fully saturated rings. The summed E-state index contributed by atoms with van der Waals surface area (Å²) in [5.74, 6) is 0.887. The predicted molar refractivity (Wildman–Crippen MR) is 104 cm³/mol. The molecule has 26 heavy (non-hydrogen) atoms. The Hall–Kier alpha value is -2.73. The molecule has 0 bridgehead atoms. The molecule has 2 heterocycles. The van der Waals surface area contributed by atoms with Crippen molar-refractivity contribution < 1.29 is 0 Å². The van der Waals surface area contributed by atoms with E-state index in [-0.39, 0.29) is 0 Å². The molecule has 0 spiro atoms. The van der Waals surface area contributed by atoms with Crippen molar-refractivity contribution in [3.05, 3.63) is 59.8 Å². The molecular formula is C20H19N5S. The number of rotatable bonds is 4. The number of aromatic nitrogens is 5. The van der Waals surface area contributed by atoms with Gasteiger partial charge in [0.25, 0.3) is 0 Å². The first-order chi connectivity index (χ1) is 12.7. The largest absolute Gasteiger partial charge is 0.302 e. The van der Waals surface area contributed by atoms with Crippen molar-refractivity contribution >= 4 is 22.5 Å². The first-order valence-corrected chi connectivity index (χ1v) is 9.39. The molecule has 0 unspecified atom stereocenters. The molecule has 0 N–H and O–H groups in total. The Morgan fingerprint density at radius 3 is 2.35 bits per heavy atom. The van der Waals surface area contributed by atoms with Gasteiger partial charge in [-0.1, -0.05) is 48.5 Å². The highest BCUT2D eigenvalue weighted by Crippen LogP contribution is 2.33. The Labute approximate surface area is 156 Å². The van der Waals surface area contributed by atoms with Gasteiger partial charge in [-0.25, -0.2) is 0 Å². The number of hydrogen-bond donors (Lipinski definition) is 0. The fourth-order valence-corrected chi connectivity index (χ4v) is 4.00. The molecule has 2 aromatic heterocycles. The van der Waals surface area contributed by atoms with Crippen LogP contribution >= 0.6 is 11.8 Å². The van der Waals surface area contributed by atoms with Crippen LogP contribution in [0.5, 0.6) is 0 Å². The van der Waals surface area contributed by atoms with Crippen LogP contribution in [0, 0.1) is 13.8 Å². The summed E-state index contributed by atoms with van der Waals surface area (Å²) in [5.41, 5.74) is 3.22. The zero-order valence-electron chi connectivity index (χ0n) is 15.0. The molecule has 4 rings (SSSR count). The average molecular weight is 361 g/mol. The maximum atomic E-state index is 4.46. The number of aryl methyl sites for hydroxylation is 2. The van der Waals surface area contributed by atoms with Gasteiger partial charge in [0.1, 0.15) is 5.03 Å². The van der Waals surface area contributed by atoms with E-state index in [1.165, 1.54) is 17.3 Å². The lowest BCUT2D eigenvalue weighted by atomic mass is 10.1. The van der Waals surface area contributed by atoms with Gasteiger partial charge >= 0.3 is 0 Å². The van der Waals surface area contributed by atoms with Crippen LogP contribution in [0.1, 0.15) is 18.2 Å². The van der Waals surface area contributed by atoms with E-state index in [0.29, 0.717) is 0 Å². The van der Waals surface area contributed by atoms with Crippen molar-refractivity contribution in [1.29, 1.82) is 0 Å². The van der Waals surface area contributed by atoms with E-state index < -0.39 is 0 Å². The van der Waals surface area contributed by atoms with E-state index in [1.54, 1.807) is 0 Å². The first-order valence-electron chi connectivity index (χ1n) is 8.58. The lowest BCUT2D eigenvalue weighted by Crippen LogP contribution is -2.01. The van der Waals surface area contributed by atoms with Gasteiger partial charge in [-0.15, -0.1) is 15.3 Å². The summed E-state index contributed by atoms with van der Waals surface area (Å²) in [7, 11) is 0. The van der Waals surface area contributed by atoms with E-state index in [0.717, 1.165) is 44.6 Å². The molecule has 0 aliphatic heterocycles. The smallest absolute Gasteiger partial charge is 0.197 e. The molecule has 0 aliphatic rings. The zero-order valence-corrected chi connectivity index (χ0v) is 15.8. The van der Waals surface area contributed by atoms with Gasteiger partial charge in [-0.05, 0) is 38.1 Å². The standard InChI is InChI=1S/C20H19N5S/c1-4-25-18(15-10-6-5-9-13(15)2)22-24-20(25)26-19-17-12-8-7-11-16(17)14(3)21-23-19/h5-12H,4H2,1-3H3. The van der Waals surface area contributed by atoms with Crippen molar-refractivity contribution in [2.24, 2.45) is 0 Å². The molecular weight excluding hydrogens is 342 g/mol. The van der Waals surface area contributed by atoms with E-state index in [1.807, 2.05) is 31.2 Å². The van der Waals surface area contributed by atoms with Crippen molar-refractivity contribution in [1.82, 2.24) is 25.0 Å². The number of benzene rings is 2. The van der Waals surface area contributed by atoms with Crippen molar-refractivity contribution in [2.45, 2.75) is 37.5 Å². The zero-order chi connectivity index (χ0) is 18.1. The lowest BCUT2D eigenvalue weighted by molar-refractivity contribution is 0.686. The second-order valence-corrected chi connectivity index (χ2v) is 7.06. The Kier molecular flexibility index (Phi) is 4.42. The third-order valence-electron chi connectivity index (χ3n) is 4.45. The first kappa shape index (κ1) is 16.7. The minimum absolute atomic E-state index is 0.788. The molecule has 0 amide bonds. The molecule has 0 radical (unpaired) electrons. The number of nitrogens with zero attached hydrogens (tertiary/aromatic N) is 5. The summed E-state index contributed by atoms with van der Waals surface area (Å²) in [6.07, 6.45) is 0. The molecule has 2 aromatic carbocycles. The SMILES string of the molecule is CCn1c(Sc2nnc(C)c3ccccc23)nnc1-c1ccccc1C. The van der Waals surface area contributed by atoms with Gasteiger partial charge in [-0.3, -0.25) is 0 Å². The van der Waals surface area contributed by atoms with Crippen LogP contribution in [0.25, 0.3) is 22.2 Å². The maximum Gasteiger partial charge on any atom is 0.197 e. The third kappa shape index (κ3) is 2.86. The van der Waals surface area contributed by atoms with Crippen molar-refractivity contribution in [3.8, 4) is 11.4 Å². The van der Waals surface area contributed by atoms with E-state index in [2.05, 4.69) is 63.1 Å². The third-order valence-corrected chi connectivity index (χ3v) is 5.42. The Morgan fingerprint density at radius 1 is 0.846 bits per heavy atom. The molecule has 0 saturated heterocycles. The van der Waals surface area contributed by atoms with Crippen LogP contribution in [-0.4, -0.2) is 25.0 Å². The van der Waals surface area contributed by atoms with Gasteiger partial charge in [0.15, 0.2) is 11.0 Å². The summed E-state index contributed by atoms with van der Waals surface area (Å²) in [6, 6.07) is 16.4. The lowest BCUT2D eigenvalue weighted by Gasteiger charge is -2.10. The number of fused-ring (bicyclic) bond motifs is 1. The quantitative estimate of drug-likeness (QED) is 0.528.